The van der Waals surface area contributed by atoms with E-state index in [4.69, 9.17) is 4.74 Å². The van der Waals surface area contributed by atoms with Crippen LogP contribution in [-0.4, -0.2) is 38.3 Å². The van der Waals surface area contributed by atoms with Gasteiger partial charge in [-0.15, -0.1) is 0 Å². The summed E-state index contributed by atoms with van der Waals surface area (Å²) >= 11 is 0. The van der Waals surface area contributed by atoms with Crippen molar-refractivity contribution in [2.24, 2.45) is 0 Å². The van der Waals surface area contributed by atoms with Gasteiger partial charge < -0.3 is 15.4 Å². The van der Waals surface area contributed by atoms with Gasteiger partial charge in [-0.25, -0.2) is 0 Å². The summed E-state index contributed by atoms with van der Waals surface area (Å²) in [6, 6.07) is 0.339. The van der Waals surface area contributed by atoms with Crippen molar-refractivity contribution >= 4 is 5.91 Å². The quantitative estimate of drug-likeness (QED) is 0.714. The van der Waals surface area contributed by atoms with Gasteiger partial charge in [0, 0.05) is 19.7 Å². The fourth-order valence-corrected chi connectivity index (χ4v) is 2.16. The number of hydrogen-bond donors (Lipinski definition) is 2. The lowest BCUT2D eigenvalue weighted by Gasteiger charge is -2.31. The Labute approximate surface area is 98.1 Å². The molecule has 1 saturated carbocycles. The number of ether oxygens (including phenoxy) is 1. The second-order valence-corrected chi connectivity index (χ2v) is 4.40. The number of nitrogens with one attached hydrogen (secondary N) is 2. The van der Waals surface area contributed by atoms with Crippen LogP contribution >= 0.6 is 0 Å². The van der Waals surface area contributed by atoms with Gasteiger partial charge in [0.1, 0.15) is 0 Å². The lowest BCUT2D eigenvalue weighted by molar-refractivity contribution is -0.120. The van der Waals surface area contributed by atoms with Crippen LogP contribution in [0.3, 0.4) is 0 Å². The molecule has 1 rings (SSSR count). The van der Waals surface area contributed by atoms with Crippen molar-refractivity contribution in [3.63, 3.8) is 0 Å². The Morgan fingerprint density at radius 1 is 1.38 bits per heavy atom. The smallest absolute Gasteiger partial charge is 0.233 e. The minimum absolute atomic E-state index is 0.0854. The van der Waals surface area contributed by atoms with E-state index in [2.05, 4.69) is 17.6 Å². The monoisotopic (exact) mass is 228 g/mol. The molecule has 0 radical (unpaired) electrons. The zero-order valence-electron chi connectivity index (χ0n) is 10.4. The third-order valence-corrected chi connectivity index (χ3v) is 3.10. The van der Waals surface area contributed by atoms with Gasteiger partial charge in [0.15, 0.2) is 0 Å². The van der Waals surface area contributed by atoms with Crippen LogP contribution in [0.4, 0.5) is 0 Å². The van der Waals surface area contributed by atoms with Gasteiger partial charge in [-0.2, -0.15) is 0 Å². The highest BCUT2D eigenvalue weighted by atomic mass is 16.5. The van der Waals surface area contributed by atoms with E-state index < -0.39 is 0 Å². The molecule has 1 aliphatic rings. The summed E-state index contributed by atoms with van der Waals surface area (Å²) < 4.78 is 5.42. The van der Waals surface area contributed by atoms with Crippen molar-refractivity contribution in [2.45, 2.75) is 51.2 Å². The molecule has 0 aliphatic heterocycles. The van der Waals surface area contributed by atoms with Crippen molar-refractivity contribution in [1.82, 2.24) is 10.6 Å². The number of methoxy groups -OCH3 is 1. The van der Waals surface area contributed by atoms with Crippen molar-refractivity contribution in [2.75, 3.05) is 20.2 Å². The summed E-state index contributed by atoms with van der Waals surface area (Å²) in [5.74, 6) is 0.0854. The number of carbonyl (C=O) groups excluding carboxylic acids is 1. The normalized spacial score (nSPS) is 25.4. The summed E-state index contributed by atoms with van der Waals surface area (Å²) in [7, 11) is 1.75. The fraction of sp³-hybridized carbons (Fsp3) is 0.917. The van der Waals surface area contributed by atoms with Crippen LogP contribution in [0, 0.1) is 0 Å². The third-order valence-electron chi connectivity index (χ3n) is 3.10. The van der Waals surface area contributed by atoms with Gasteiger partial charge in [0.2, 0.25) is 5.91 Å². The van der Waals surface area contributed by atoms with Crippen LogP contribution in [0.1, 0.15) is 39.0 Å². The predicted octanol–water partition coefficient (Wildman–Crippen LogP) is 1.06. The first kappa shape index (κ1) is 13.5. The summed E-state index contributed by atoms with van der Waals surface area (Å²) in [5, 5.41) is 6.16. The Hall–Kier alpha value is -0.610. The van der Waals surface area contributed by atoms with E-state index in [0.717, 1.165) is 25.8 Å². The van der Waals surface area contributed by atoms with Crippen LogP contribution in [0.2, 0.25) is 0 Å². The Morgan fingerprint density at radius 3 is 2.81 bits per heavy atom. The molecule has 0 aromatic heterocycles. The summed E-state index contributed by atoms with van der Waals surface area (Å²) in [5.41, 5.74) is 0. The first-order valence-corrected chi connectivity index (χ1v) is 6.30. The van der Waals surface area contributed by atoms with E-state index in [1.54, 1.807) is 7.11 Å². The van der Waals surface area contributed by atoms with E-state index >= 15 is 0 Å². The lowest BCUT2D eigenvalue weighted by atomic mass is 9.92. The van der Waals surface area contributed by atoms with Gasteiger partial charge in [-0.3, -0.25) is 4.79 Å². The first-order chi connectivity index (χ1) is 7.77. The SMILES string of the molecule is CCCNC(=O)CNC1CCCCC1OC. The molecule has 16 heavy (non-hydrogen) atoms. The molecule has 4 nitrogen and oxygen atoms in total. The van der Waals surface area contributed by atoms with Gasteiger partial charge in [0.05, 0.1) is 12.6 Å². The third kappa shape index (κ3) is 4.49. The Kier molecular flexibility index (Phi) is 6.42. The zero-order chi connectivity index (χ0) is 11.8. The van der Waals surface area contributed by atoms with Crippen LogP contribution in [0.15, 0.2) is 0 Å². The van der Waals surface area contributed by atoms with Crippen molar-refractivity contribution in [3.05, 3.63) is 0 Å². The molecular weight excluding hydrogens is 204 g/mol. The molecular formula is C12H24N2O2. The molecule has 2 unspecified atom stereocenters. The molecule has 94 valence electrons. The molecule has 2 atom stereocenters. The minimum atomic E-state index is 0.0854. The van der Waals surface area contributed by atoms with Gasteiger partial charge in [0.25, 0.3) is 0 Å². The maximum atomic E-state index is 11.4. The predicted molar refractivity (Wildman–Crippen MR) is 64.4 cm³/mol. The Bertz CT molecular complexity index is 209. The topological polar surface area (TPSA) is 50.4 Å². The summed E-state index contributed by atoms with van der Waals surface area (Å²) in [4.78, 5) is 11.4. The van der Waals surface area contributed by atoms with Gasteiger partial charge in [-0.1, -0.05) is 19.8 Å². The van der Waals surface area contributed by atoms with E-state index in [9.17, 15) is 4.79 Å². The maximum Gasteiger partial charge on any atom is 0.233 e. The van der Waals surface area contributed by atoms with E-state index in [-0.39, 0.29) is 12.0 Å². The average Bonchev–Trinajstić information content (AvgIpc) is 2.34. The van der Waals surface area contributed by atoms with Crippen molar-refractivity contribution < 1.29 is 9.53 Å². The zero-order valence-corrected chi connectivity index (χ0v) is 10.4. The molecule has 0 aromatic carbocycles. The van der Waals surface area contributed by atoms with Crippen LogP contribution in [0.25, 0.3) is 0 Å². The highest BCUT2D eigenvalue weighted by Gasteiger charge is 2.24. The lowest BCUT2D eigenvalue weighted by Crippen LogP contribution is -2.47. The van der Waals surface area contributed by atoms with Crippen molar-refractivity contribution in [3.8, 4) is 0 Å². The molecule has 1 aliphatic carbocycles. The summed E-state index contributed by atoms with van der Waals surface area (Å²) in [6.45, 7) is 3.22. The molecule has 1 amide bonds. The van der Waals surface area contributed by atoms with E-state index in [1.165, 1.54) is 12.8 Å². The minimum Gasteiger partial charge on any atom is -0.380 e. The number of carbonyl (C=O) groups is 1. The molecule has 0 spiro atoms. The Morgan fingerprint density at radius 2 is 2.12 bits per heavy atom. The fourth-order valence-electron chi connectivity index (χ4n) is 2.16. The second kappa shape index (κ2) is 7.63. The highest BCUT2D eigenvalue weighted by molar-refractivity contribution is 5.77. The van der Waals surface area contributed by atoms with Crippen LogP contribution in [-0.2, 0) is 9.53 Å². The molecule has 2 N–H and O–H groups in total. The standard InChI is InChI=1S/C12H24N2O2/c1-3-8-13-12(15)9-14-10-6-4-5-7-11(10)16-2/h10-11,14H,3-9H2,1-2H3,(H,13,15). The molecule has 1 fully saturated rings. The van der Waals surface area contributed by atoms with Gasteiger partial charge >= 0.3 is 0 Å². The largest absolute Gasteiger partial charge is 0.380 e. The second-order valence-electron chi connectivity index (χ2n) is 4.40. The van der Waals surface area contributed by atoms with Crippen LogP contribution in [0.5, 0.6) is 0 Å². The number of hydrogen-bond acceptors (Lipinski definition) is 3. The van der Waals surface area contributed by atoms with E-state index in [0.29, 0.717) is 12.6 Å². The van der Waals surface area contributed by atoms with Gasteiger partial charge in [-0.05, 0) is 19.3 Å². The van der Waals surface area contributed by atoms with Crippen molar-refractivity contribution in [1.29, 1.82) is 0 Å². The number of rotatable bonds is 6. The first-order valence-electron chi connectivity index (χ1n) is 6.30. The molecule has 0 bridgehead atoms. The molecule has 0 heterocycles. The number of amides is 1. The van der Waals surface area contributed by atoms with E-state index in [1.807, 2.05) is 0 Å². The molecule has 0 aromatic rings. The van der Waals surface area contributed by atoms with Crippen LogP contribution < -0.4 is 10.6 Å². The molecule has 0 saturated heterocycles. The average molecular weight is 228 g/mol. The molecule has 4 heteroatoms. The highest BCUT2D eigenvalue weighted by Crippen LogP contribution is 2.20. The Balaban J connectivity index is 2.21. The maximum absolute atomic E-state index is 11.4. The summed E-state index contributed by atoms with van der Waals surface area (Å²) in [6.07, 6.45) is 5.93.